The van der Waals surface area contributed by atoms with Gasteiger partial charge in [-0.15, -0.1) is 0 Å². The molecule has 0 atom stereocenters. The number of imidazole rings is 1. The highest BCUT2D eigenvalue weighted by Crippen LogP contribution is 2.24. The molecule has 1 aromatic carbocycles. The van der Waals surface area contributed by atoms with Crippen LogP contribution in [0.5, 0.6) is 0 Å². The third-order valence-corrected chi connectivity index (χ3v) is 6.64. The molecule has 5 rings (SSSR count). The fraction of sp³-hybridized carbons (Fsp3) is 0.273. The number of hydrogen-bond donors (Lipinski definition) is 0. The van der Waals surface area contributed by atoms with Gasteiger partial charge in [0, 0.05) is 38.4 Å². The molecule has 0 saturated carbocycles. The van der Waals surface area contributed by atoms with Crippen LogP contribution in [0.4, 0.5) is 5.82 Å². The van der Waals surface area contributed by atoms with Crippen molar-refractivity contribution in [2.45, 2.75) is 13.8 Å². The Morgan fingerprint density at radius 2 is 1.80 bits per heavy atom. The second-order valence-corrected chi connectivity index (χ2v) is 8.58. The van der Waals surface area contributed by atoms with E-state index in [9.17, 15) is 9.59 Å². The zero-order chi connectivity index (χ0) is 20.8. The summed E-state index contributed by atoms with van der Waals surface area (Å²) in [4.78, 5) is 39.9. The van der Waals surface area contributed by atoms with Crippen molar-refractivity contribution in [3.63, 3.8) is 0 Å². The number of benzene rings is 1. The van der Waals surface area contributed by atoms with Crippen molar-refractivity contribution < 1.29 is 4.79 Å². The van der Waals surface area contributed by atoms with Gasteiger partial charge in [-0.05, 0) is 49.2 Å². The maximum Gasteiger partial charge on any atom is 0.264 e. The molecule has 0 N–H and O–H groups in total. The number of amides is 1. The predicted octanol–water partition coefficient (Wildman–Crippen LogP) is 2.88. The monoisotopic (exact) mass is 419 g/mol. The quantitative estimate of drug-likeness (QED) is 0.500. The van der Waals surface area contributed by atoms with E-state index in [1.807, 2.05) is 44.2 Å². The molecule has 0 unspecified atom stereocenters. The number of carbonyl (C=O) groups excluding carboxylic acids is 1. The van der Waals surface area contributed by atoms with Gasteiger partial charge in [-0.2, -0.15) is 0 Å². The van der Waals surface area contributed by atoms with Crippen LogP contribution in [0.2, 0.25) is 0 Å². The number of anilines is 1. The van der Waals surface area contributed by atoms with Gasteiger partial charge < -0.3 is 9.80 Å². The summed E-state index contributed by atoms with van der Waals surface area (Å²) in [6.07, 6.45) is 1.77. The highest BCUT2D eigenvalue weighted by Gasteiger charge is 2.24. The topological polar surface area (TPSA) is 70.8 Å². The Labute approximate surface area is 177 Å². The molecule has 152 valence electrons. The minimum atomic E-state index is -0.218. The molecule has 7 nitrogen and oxygen atoms in total. The summed E-state index contributed by atoms with van der Waals surface area (Å²) in [5, 5.41) is 0. The lowest BCUT2D eigenvalue weighted by molar-refractivity contribution is 0.0751. The maximum absolute atomic E-state index is 13.1. The summed E-state index contributed by atoms with van der Waals surface area (Å²) in [7, 11) is 0. The minimum absolute atomic E-state index is 0.111. The number of aryl methyl sites for hydroxylation is 2. The number of fused-ring (bicyclic) bond motifs is 3. The number of hydrogen-bond acceptors (Lipinski definition) is 6. The third kappa shape index (κ3) is 3.13. The van der Waals surface area contributed by atoms with Crippen LogP contribution in [0.25, 0.3) is 16.0 Å². The molecule has 1 amide bonds. The number of nitrogens with zero attached hydrogens (tertiary/aromatic N) is 5. The summed E-state index contributed by atoms with van der Waals surface area (Å²) in [5.41, 5.74) is 3.59. The standard InChI is InChI=1S/C22H21N5O2S/c1-14-11-16-17(12-15(14)2)27-20(28)13-18(30-22(27)24-16)21(29)26-9-7-25(8-10-26)19-5-3-4-6-23-19/h3-6,11-13H,7-10H2,1-2H3. The van der Waals surface area contributed by atoms with Crippen LogP contribution in [-0.4, -0.2) is 51.4 Å². The smallest absolute Gasteiger partial charge is 0.264 e. The molecular formula is C22H21N5O2S. The molecular weight excluding hydrogens is 398 g/mol. The van der Waals surface area contributed by atoms with Crippen LogP contribution >= 0.6 is 11.3 Å². The van der Waals surface area contributed by atoms with Crippen LogP contribution in [0.3, 0.4) is 0 Å². The molecule has 3 aromatic heterocycles. The van der Waals surface area contributed by atoms with Crippen molar-refractivity contribution in [3.05, 3.63) is 69.0 Å². The lowest BCUT2D eigenvalue weighted by Gasteiger charge is -2.35. The number of aromatic nitrogens is 3. The van der Waals surface area contributed by atoms with Gasteiger partial charge in [0.15, 0.2) is 4.96 Å². The maximum atomic E-state index is 13.1. The highest BCUT2D eigenvalue weighted by molar-refractivity contribution is 7.18. The van der Waals surface area contributed by atoms with Crippen LogP contribution in [-0.2, 0) is 0 Å². The van der Waals surface area contributed by atoms with Crippen molar-refractivity contribution in [3.8, 4) is 0 Å². The van der Waals surface area contributed by atoms with Crippen molar-refractivity contribution in [2.24, 2.45) is 0 Å². The molecule has 0 aliphatic carbocycles. The summed E-state index contributed by atoms with van der Waals surface area (Å²) in [5.74, 6) is 0.810. The molecule has 4 aromatic rings. The second-order valence-electron chi connectivity index (χ2n) is 7.57. The van der Waals surface area contributed by atoms with Crippen molar-refractivity contribution in [1.82, 2.24) is 19.3 Å². The van der Waals surface area contributed by atoms with Crippen molar-refractivity contribution in [1.29, 1.82) is 0 Å². The summed E-state index contributed by atoms with van der Waals surface area (Å²) < 4.78 is 1.60. The van der Waals surface area contributed by atoms with Gasteiger partial charge in [0.25, 0.3) is 11.5 Å². The normalized spacial score (nSPS) is 14.6. The lowest BCUT2D eigenvalue weighted by atomic mass is 10.1. The Morgan fingerprint density at radius 3 is 2.53 bits per heavy atom. The Balaban J connectivity index is 1.43. The molecule has 0 radical (unpaired) electrons. The van der Waals surface area contributed by atoms with Gasteiger partial charge in [0.2, 0.25) is 0 Å². The first-order chi connectivity index (χ1) is 14.5. The Morgan fingerprint density at radius 1 is 1.03 bits per heavy atom. The van der Waals surface area contributed by atoms with Gasteiger partial charge in [-0.25, -0.2) is 9.97 Å². The average Bonchev–Trinajstić information content (AvgIpc) is 3.12. The Kier molecular flexibility index (Phi) is 4.51. The van der Waals surface area contributed by atoms with Crippen LogP contribution in [0, 0.1) is 13.8 Å². The van der Waals surface area contributed by atoms with Crippen LogP contribution < -0.4 is 10.5 Å². The van der Waals surface area contributed by atoms with Crippen LogP contribution in [0.15, 0.2) is 47.4 Å². The summed E-state index contributed by atoms with van der Waals surface area (Å²) in [6.45, 7) is 6.66. The van der Waals surface area contributed by atoms with E-state index in [0.29, 0.717) is 36.0 Å². The highest BCUT2D eigenvalue weighted by atomic mass is 32.1. The second kappa shape index (κ2) is 7.21. The fourth-order valence-corrected chi connectivity index (χ4v) is 4.83. The average molecular weight is 420 g/mol. The molecule has 1 fully saturated rings. The number of carbonyl (C=O) groups is 1. The molecule has 1 saturated heterocycles. The van der Waals surface area contributed by atoms with Gasteiger partial charge >= 0.3 is 0 Å². The van der Waals surface area contributed by atoms with E-state index < -0.39 is 0 Å². The molecule has 0 bridgehead atoms. The van der Waals surface area contributed by atoms with Gasteiger partial charge in [-0.3, -0.25) is 14.0 Å². The van der Waals surface area contributed by atoms with E-state index in [4.69, 9.17) is 0 Å². The van der Waals surface area contributed by atoms with E-state index in [1.165, 1.54) is 17.4 Å². The molecule has 8 heteroatoms. The fourth-order valence-electron chi connectivity index (χ4n) is 3.84. The van der Waals surface area contributed by atoms with E-state index in [0.717, 1.165) is 28.0 Å². The van der Waals surface area contributed by atoms with Crippen molar-refractivity contribution in [2.75, 3.05) is 31.1 Å². The van der Waals surface area contributed by atoms with E-state index in [2.05, 4.69) is 14.9 Å². The van der Waals surface area contributed by atoms with E-state index in [-0.39, 0.29) is 11.5 Å². The van der Waals surface area contributed by atoms with Crippen molar-refractivity contribution >= 4 is 39.1 Å². The molecule has 1 aliphatic heterocycles. The zero-order valence-electron chi connectivity index (χ0n) is 16.8. The molecule has 4 heterocycles. The third-order valence-electron chi connectivity index (χ3n) is 5.67. The van der Waals surface area contributed by atoms with Crippen LogP contribution in [0.1, 0.15) is 20.8 Å². The van der Waals surface area contributed by atoms with Gasteiger partial charge in [0.05, 0.1) is 11.0 Å². The Hall–Kier alpha value is -3.26. The first-order valence-corrected chi connectivity index (χ1v) is 10.7. The lowest BCUT2D eigenvalue weighted by Crippen LogP contribution is -2.49. The zero-order valence-corrected chi connectivity index (χ0v) is 17.6. The molecule has 0 spiro atoms. The van der Waals surface area contributed by atoms with E-state index in [1.54, 1.807) is 15.5 Å². The number of piperazine rings is 1. The number of rotatable bonds is 2. The Bertz CT molecular complexity index is 1320. The molecule has 30 heavy (non-hydrogen) atoms. The van der Waals surface area contributed by atoms with Gasteiger partial charge in [-0.1, -0.05) is 17.4 Å². The minimum Gasteiger partial charge on any atom is -0.353 e. The van der Waals surface area contributed by atoms with Gasteiger partial charge in [0.1, 0.15) is 10.7 Å². The first kappa shape index (κ1) is 18.7. The largest absolute Gasteiger partial charge is 0.353 e. The predicted molar refractivity (Wildman–Crippen MR) is 119 cm³/mol. The first-order valence-electron chi connectivity index (χ1n) is 9.90. The SMILES string of the molecule is Cc1cc2nc3sc(C(=O)N4CCN(c5ccccn5)CC4)cc(=O)n3c2cc1C. The summed E-state index contributed by atoms with van der Waals surface area (Å²) >= 11 is 1.27. The van der Waals surface area contributed by atoms with E-state index >= 15 is 0 Å². The summed E-state index contributed by atoms with van der Waals surface area (Å²) in [6, 6.07) is 11.2. The number of pyridine rings is 1. The molecule has 1 aliphatic rings.